The standard InChI is InChI=1S/C11H14N4O/c1-9-6-13-15(7-9)10-2-4-14(8-10)11-12-3-5-16-11/h3,5-7,10H,2,4,8H2,1H3. The average molecular weight is 218 g/mol. The van der Waals surface area contributed by atoms with Crippen LogP contribution in [0, 0.1) is 6.92 Å². The van der Waals surface area contributed by atoms with E-state index in [9.17, 15) is 0 Å². The Balaban J connectivity index is 1.74. The van der Waals surface area contributed by atoms with Crippen molar-refractivity contribution in [2.75, 3.05) is 18.0 Å². The molecule has 2 aromatic heterocycles. The van der Waals surface area contributed by atoms with Crippen LogP contribution in [0.3, 0.4) is 0 Å². The maximum atomic E-state index is 5.29. The molecule has 3 rings (SSSR count). The van der Waals surface area contributed by atoms with Crippen molar-refractivity contribution in [3.05, 3.63) is 30.4 Å². The van der Waals surface area contributed by atoms with Gasteiger partial charge in [-0.2, -0.15) is 5.10 Å². The van der Waals surface area contributed by atoms with Crippen molar-refractivity contribution in [1.29, 1.82) is 0 Å². The Morgan fingerprint density at radius 1 is 1.50 bits per heavy atom. The highest BCUT2D eigenvalue weighted by atomic mass is 16.4. The smallest absolute Gasteiger partial charge is 0.297 e. The molecule has 0 N–H and O–H groups in total. The quantitative estimate of drug-likeness (QED) is 0.768. The molecule has 0 aromatic carbocycles. The van der Waals surface area contributed by atoms with Gasteiger partial charge in [-0.1, -0.05) is 0 Å². The van der Waals surface area contributed by atoms with Crippen LogP contribution >= 0.6 is 0 Å². The van der Waals surface area contributed by atoms with E-state index in [2.05, 4.69) is 28.1 Å². The predicted octanol–water partition coefficient (Wildman–Crippen LogP) is 1.63. The molecule has 0 bridgehead atoms. The Kier molecular flexibility index (Phi) is 2.16. The molecule has 1 aliphatic rings. The maximum Gasteiger partial charge on any atom is 0.297 e. The lowest BCUT2D eigenvalue weighted by molar-refractivity contribution is 0.488. The van der Waals surface area contributed by atoms with Gasteiger partial charge in [-0.15, -0.1) is 0 Å². The van der Waals surface area contributed by atoms with Gasteiger partial charge in [-0.25, -0.2) is 4.98 Å². The van der Waals surface area contributed by atoms with Crippen LogP contribution in [0.4, 0.5) is 6.01 Å². The van der Waals surface area contributed by atoms with E-state index in [4.69, 9.17) is 4.42 Å². The number of anilines is 1. The fourth-order valence-corrected chi connectivity index (χ4v) is 2.14. The van der Waals surface area contributed by atoms with E-state index < -0.39 is 0 Å². The van der Waals surface area contributed by atoms with Crippen LogP contribution in [0.2, 0.25) is 0 Å². The fraction of sp³-hybridized carbons (Fsp3) is 0.455. The van der Waals surface area contributed by atoms with Crippen LogP contribution in [0.15, 0.2) is 29.3 Å². The van der Waals surface area contributed by atoms with Gasteiger partial charge in [-0.05, 0) is 18.9 Å². The highest BCUT2D eigenvalue weighted by Crippen LogP contribution is 2.25. The van der Waals surface area contributed by atoms with Crippen molar-refractivity contribution >= 4 is 6.01 Å². The zero-order valence-electron chi connectivity index (χ0n) is 9.21. The second-order valence-electron chi connectivity index (χ2n) is 4.20. The molecule has 0 amide bonds. The van der Waals surface area contributed by atoms with Gasteiger partial charge in [0, 0.05) is 19.3 Å². The summed E-state index contributed by atoms with van der Waals surface area (Å²) in [5, 5.41) is 4.35. The van der Waals surface area contributed by atoms with Crippen LogP contribution in [-0.4, -0.2) is 27.9 Å². The molecule has 1 saturated heterocycles. The van der Waals surface area contributed by atoms with E-state index in [1.165, 1.54) is 5.56 Å². The summed E-state index contributed by atoms with van der Waals surface area (Å²) in [6.07, 6.45) is 8.36. The van der Waals surface area contributed by atoms with Crippen molar-refractivity contribution in [1.82, 2.24) is 14.8 Å². The summed E-state index contributed by atoms with van der Waals surface area (Å²) in [4.78, 5) is 6.32. The molecule has 1 atom stereocenters. The predicted molar refractivity (Wildman–Crippen MR) is 59.3 cm³/mol. The molecule has 5 nitrogen and oxygen atoms in total. The van der Waals surface area contributed by atoms with Crippen molar-refractivity contribution in [3.8, 4) is 0 Å². The van der Waals surface area contributed by atoms with E-state index in [-0.39, 0.29) is 0 Å². The number of aromatic nitrogens is 3. The minimum absolute atomic E-state index is 0.431. The third-order valence-electron chi connectivity index (χ3n) is 2.96. The Labute approximate surface area is 93.7 Å². The fourth-order valence-electron chi connectivity index (χ4n) is 2.14. The maximum absolute atomic E-state index is 5.29. The molecule has 1 unspecified atom stereocenters. The van der Waals surface area contributed by atoms with Crippen LogP contribution in [0.5, 0.6) is 0 Å². The number of hydrogen-bond acceptors (Lipinski definition) is 4. The summed E-state index contributed by atoms with van der Waals surface area (Å²) >= 11 is 0. The van der Waals surface area contributed by atoms with Crippen molar-refractivity contribution in [2.45, 2.75) is 19.4 Å². The van der Waals surface area contributed by atoms with E-state index in [1.54, 1.807) is 12.5 Å². The van der Waals surface area contributed by atoms with Gasteiger partial charge in [0.2, 0.25) is 0 Å². The second-order valence-corrected chi connectivity index (χ2v) is 4.20. The topological polar surface area (TPSA) is 47.1 Å². The molecule has 0 spiro atoms. The largest absolute Gasteiger partial charge is 0.432 e. The number of nitrogens with zero attached hydrogens (tertiary/aromatic N) is 4. The minimum Gasteiger partial charge on any atom is -0.432 e. The van der Waals surface area contributed by atoms with Crippen molar-refractivity contribution in [2.24, 2.45) is 0 Å². The zero-order chi connectivity index (χ0) is 11.0. The normalized spacial score (nSPS) is 20.6. The Morgan fingerprint density at radius 2 is 2.44 bits per heavy atom. The van der Waals surface area contributed by atoms with Crippen LogP contribution in [0.25, 0.3) is 0 Å². The molecule has 0 aliphatic carbocycles. The number of hydrogen-bond donors (Lipinski definition) is 0. The lowest BCUT2D eigenvalue weighted by Gasteiger charge is -2.13. The first-order chi connectivity index (χ1) is 7.83. The Hall–Kier alpha value is -1.78. The molecule has 16 heavy (non-hydrogen) atoms. The highest BCUT2D eigenvalue weighted by molar-refractivity contribution is 5.27. The molecule has 1 fully saturated rings. The molecular weight excluding hydrogens is 204 g/mol. The zero-order valence-corrected chi connectivity index (χ0v) is 9.21. The van der Waals surface area contributed by atoms with E-state index in [0.717, 1.165) is 19.5 Å². The summed E-state index contributed by atoms with van der Waals surface area (Å²) in [6.45, 7) is 3.95. The molecule has 2 aromatic rings. The highest BCUT2D eigenvalue weighted by Gasteiger charge is 2.26. The van der Waals surface area contributed by atoms with Gasteiger partial charge < -0.3 is 9.32 Å². The Morgan fingerprint density at radius 3 is 3.12 bits per heavy atom. The van der Waals surface area contributed by atoms with Gasteiger partial charge >= 0.3 is 0 Å². The number of rotatable bonds is 2. The van der Waals surface area contributed by atoms with Crippen LogP contribution < -0.4 is 4.90 Å². The van der Waals surface area contributed by atoms with Crippen LogP contribution in [0.1, 0.15) is 18.0 Å². The van der Waals surface area contributed by atoms with E-state index >= 15 is 0 Å². The first kappa shape index (κ1) is 9.45. The van der Waals surface area contributed by atoms with E-state index in [0.29, 0.717) is 12.1 Å². The van der Waals surface area contributed by atoms with Gasteiger partial charge in [-0.3, -0.25) is 4.68 Å². The first-order valence-electron chi connectivity index (χ1n) is 5.48. The average Bonchev–Trinajstić information content (AvgIpc) is 2.97. The minimum atomic E-state index is 0.431. The Bertz CT molecular complexity index is 462. The summed E-state index contributed by atoms with van der Waals surface area (Å²) in [5.41, 5.74) is 1.20. The third kappa shape index (κ3) is 1.58. The van der Waals surface area contributed by atoms with Crippen molar-refractivity contribution < 1.29 is 4.42 Å². The summed E-state index contributed by atoms with van der Waals surface area (Å²) < 4.78 is 7.33. The summed E-state index contributed by atoms with van der Waals surface area (Å²) in [7, 11) is 0. The molecule has 1 aliphatic heterocycles. The van der Waals surface area contributed by atoms with Crippen LogP contribution in [-0.2, 0) is 0 Å². The van der Waals surface area contributed by atoms with E-state index in [1.807, 2.05) is 10.9 Å². The third-order valence-corrected chi connectivity index (χ3v) is 2.96. The van der Waals surface area contributed by atoms with Gasteiger partial charge in [0.25, 0.3) is 6.01 Å². The first-order valence-corrected chi connectivity index (χ1v) is 5.48. The number of oxazole rings is 1. The SMILES string of the molecule is Cc1cnn(C2CCN(c3ncco3)C2)c1. The van der Waals surface area contributed by atoms with Gasteiger partial charge in [0.1, 0.15) is 6.26 Å². The molecular formula is C11H14N4O. The number of aryl methyl sites for hydroxylation is 1. The molecule has 84 valence electrons. The molecule has 0 saturated carbocycles. The molecule has 3 heterocycles. The molecule has 0 radical (unpaired) electrons. The molecule has 5 heteroatoms. The lowest BCUT2D eigenvalue weighted by atomic mass is 10.3. The van der Waals surface area contributed by atoms with Crippen molar-refractivity contribution in [3.63, 3.8) is 0 Å². The second kappa shape index (κ2) is 3.66. The monoisotopic (exact) mass is 218 g/mol. The van der Waals surface area contributed by atoms with Gasteiger partial charge in [0.15, 0.2) is 0 Å². The lowest BCUT2D eigenvalue weighted by Crippen LogP contribution is -2.21. The summed E-state index contributed by atoms with van der Waals surface area (Å²) in [5.74, 6) is 0. The van der Waals surface area contributed by atoms with Gasteiger partial charge in [0.05, 0.1) is 18.4 Å². The summed E-state index contributed by atoms with van der Waals surface area (Å²) in [6, 6.07) is 1.15.